The Morgan fingerprint density at radius 3 is 2.12 bits per heavy atom. The number of amides is 1. The van der Waals surface area contributed by atoms with E-state index in [2.05, 4.69) is 42.6 Å². The van der Waals surface area contributed by atoms with Crippen LogP contribution in [0, 0.1) is 27.7 Å². The summed E-state index contributed by atoms with van der Waals surface area (Å²) in [5.74, 6) is 0.207. The third-order valence-electron chi connectivity index (χ3n) is 5.78. The average Bonchev–Trinajstić information content (AvgIpc) is 2.96. The third kappa shape index (κ3) is 6.09. The Morgan fingerprint density at radius 1 is 1.00 bits per heavy atom. The van der Waals surface area contributed by atoms with Crippen LogP contribution in [0.3, 0.4) is 0 Å². The van der Waals surface area contributed by atoms with Crippen LogP contribution in [0.1, 0.15) is 64.8 Å². The summed E-state index contributed by atoms with van der Waals surface area (Å²) in [5.41, 5.74) is 8.02. The molecule has 1 amide bonds. The topological polar surface area (TPSA) is 71.3 Å². The van der Waals surface area contributed by atoms with Crippen molar-refractivity contribution in [1.82, 2.24) is 15.1 Å². The molecule has 0 fully saturated rings. The van der Waals surface area contributed by atoms with Gasteiger partial charge in [0.2, 0.25) is 5.96 Å². The van der Waals surface area contributed by atoms with Crippen LogP contribution in [0.25, 0.3) is 0 Å². The Kier molecular flexibility index (Phi) is 7.06. The van der Waals surface area contributed by atoms with E-state index in [1.807, 2.05) is 75.8 Å². The second kappa shape index (κ2) is 9.61. The number of nitrogens with one attached hydrogen (secondary N) is 2. The van der Waals surface area contributed by atoms with Gasteiger partial charge in [-0.1, -0.05) is 39.0 Å². The summed E-state index contributed by atoms with van der Waals surface area (Å²) in [4.78, 5) is 17.8. The first-order valence-corrected chi connectivity index (χ1v) is 11.2. The van der Waals surface area contributed by atoms with Gasteiger partial charge in [0.1, 0.15) is 0 Å². The van der Waals surface area contributed by atoms with E-state index in [0.29, 0.717) is 18.1 Å². The molecule has 0 saturated heterocycles. The maximum Gasteiger partial charge on any atom is 0.257 e. The molecule has 3 rings (SSSR count). The highest BCUT2D eigenvalue weighted by molar-refractivity contribution is 6.10. The second-order valence-electron chi connectivity index (χ2n) is 9.72. The summed E-state index contributed by atoms with van der Waals surface area (Å²) in [6.45, 7) is 15.0. The first-order chi connectivity index (χ1) is 15.4. The number of guanidine groups is 1. The Hall–Kier alpha value is -3.41. The van der Waals surface area contributed by atoms with E-state index in [0.717, 1.165) is 33.8 Å². The average molecular weight is 446 g/mol. The maximum atomic E-state index is 13.0. The Balaban J connectivity index is 1.88. The number of benzene rings is 2. The van der Waals surface area contributed by atoms with Crippen molar-refractivity contribution in [3.8, 4) is 0 Å². The predicted octanol–water partition coefficient (Wildman–Crippen LogP) is 5.35. The Morgan fingerprint density at radius 2 is 1.61 bits per heavy atom. The summed E-state index contributed by atoms with van der Waals surface area (Å²) in [6, 6.07) is 13.9. The van der Waals surface area contributed by atoms with Gasteiger partial charge in [-0.25, -0.2) is 4.99 Å². The van der Waals surface area contributed by atoms with Crippen molar-refractivity contribution in [2.45, 2.75) is 60.4 Å². The molecule has 0 saturated carbocycles. The number of aliphatic imine (C=N–C) groups is 1. The molecule has 6 heteroatoms. The molecule has 0 radical (unpaired) electrons. The quantitative estimate of drug-likeness (QED) is 0.420. The monoisotopic (exact) mass is 445 g/mol. The van der Waals surface area contributed by atoms with Gasteiger partial charge < -0.3 is 5.32 Å². The number of aryl methyl sites for hydroxylation is 4. The highest BCUT2D eigenvalue weighted by Crippen LogP contribution is 2.22. The smallest absolute Gasteiger partial charge is 0.257 e. The molecule has 2 aromatic carbocycles. The van der Waals surface area contributed by atoms with Gasteiger partial charge in [-0.3, -0.25) is 14.8 Å². The maximum absolute atomic E-state index is 13.0. The van der Waals surface area contributed by atoms with Gasteiger partial charge >= 0.3 is 0 Å². The molecule has 6 nitrogen and oxygen atoms in total. The lowest BCUT2D eigenvalue weighted by Crippen LogP contribution is -2.36. The summed E-state index contributed by atoms with van der Waals surface area (Å²) < 4.78 is 1.85. The van der Waals surface area contributed by atoms with Gasteiger partial charge in [-0.15, -0.1) is 0 Å². The summed E-state index contributed by atoms with van der Waals surface area (Å²) >= 11 is 0. The van der Waals surface area contributed by atoms with Crippen molar-refractivity contribution in [1.29, 1.82) is 0 Å². The SMILES string of the molecule is Cc1cc(C)cc(NC(=NCc2c(C)nn(C)c2C)NC(=O)c2ccc(C(C)(C)C)cc2)c1. The largest absolute Gasteiger partial charge is 0.326 e. The summed E-state index contributed by atoms with van der Waals surface area (Å²) in [6.07, 6.45) is 0. The Bertz CT molecular complexity index is 1160. The molecule has 3 aromatic rings. The fourth-order valence-electron chi connectivity index (χ4n) is 3.80. The van der Waals surface area contributed by atoms with Gasteiger partial charge in [0.15, 0.2) is 0 Å². The molecule has 0 aliphatic rings. The number of aromatic nitrogens is 2. The van der Waals surface area contributed by atoms with E-state index in [4.69, 9.17) is 4.99 Å². The minimum absolute atomic E-state index is 0.0334. The van der Waals surface area contributed by atoms with Crippen molar-refractivity contribution in [3.63, 3.8) is 0 Å². The van der Waals surface area contributed by atoms with Crippen LogP contribution in [0.2, 0.25) is 0 Å². The molecule has 0 unspecified atom stereocenters. The standard InChI is InChI=1S/C27H35N5O/c1-17-13-18(2)15-23(14-17)29-26(28-16-24-19(3)31-32(8)20(24)4)30-25(33)21-9-11-22(12-10-21)27(5,6)7/h9-15H,16H2,1-8H3,(H2,28,29,30,33). The van der Waals surface area contributed by atoms with E-state index < -0.39 is 0 Å². The van der Waals surface area contributed by atoms with Gasteiger partial charge in [0.25, 0.3) is 5.91 Å². The lowest BCUT2D eigenvalue weighted by Gasteiger charge is -2.19. The number of anilines is 1. The molecule has 174 valence electrons. The zero-order valence-electron chi connectivity index (χ0n) is 21.0. The van der Waals surface area contributed by atoms with E-state index >= 15 is 0 Å². The molecule has 0 bridgehead atoms. The molecule has 1 heterocycles. The molecular formula is C27H35N5O. The number of nitrogens with zero attached hydrogens (tertiary/aromatic N) is 3. The molecule has 1 aromatic heterocycles. The van der Waals surface area contributed by atoms with Crippen LogP contribution in [0.5, 0.6) is 0 Å². The molecule has 0 aliphatic heterocycles. The van der Waals surface area contributed by atoms with E-state index in [1.54, 1.807) is 0 Å². The van der Waals surface area contributed by atoms with Crippen molar-refractivity contribution in [2.24, 2.45) is 12.0 Å². The normalized spacial score (nSPS) is 12.1. The minimum atomic E-state index is -0.203. The fourth-order valence-corrected chi connectivity index (χ4v) is 3.80. The number of hydrogen-bond acceptors (Lipinski definition) is 3. The van der Waals surface area contributed by atoms with Crippen LogP contribution < -0.4 is 10.6 Å². The van der Waals surface area contributed by atoms with Gasteiger partial charge in [0.05, 0.1) is 12.2 Å². The molecular weight excluding hydrogens is 410 g/mol. The first-order valence-electron chi connectivity index (χ1n) is 11.2. The molecule has 0 spiro atoms. The van der Waals surface area contributed by atoms with Gasteiger partial charge in [-0.05, 0) is 74.1 Å². The minimum Gasteiger partial charge on any atom is -0.326 e. The second-order valence-corrected chi connectivity index (χ2v) is 9.72. The van der Waals surface area contributed by atoms with Gasteiger partial charge in [-0.2, -0.15) is 5.10 Å². The van der Waals surface area contributed by atoms with E-state index in [9.17, 15) is 4.79 Å². The zero-order chi connectivity index (χ0) is 24.3. The van der Waals surface area contributed by atoms with Crippen LogP contribution >= 0.6 is 0 Å². The third-order valence-corrected chi connectivity index (χ3v) is 5.78. The number of carbonyl (C=O) groups is 1. The molecule has 0 atom stereocenters. The van der Waals surface area contributed by atoms with Crippen molar-refractivity contribution in [3.05, 3.63) is 81.7 Å². The predicted molar refractivity (Wildman–Crippen MR) is 136 cm³/mol. The van der Waals surface area contributed by atoms with Crippen LogP contribution in [0.4, 0.5) is 5.69 Å². The lowest BCUT2D eigenvalue weighted by molar-refractivity contribution is 0.0977. The van der Waals surface area contributed by atoms with Crippen molar-refractivity contribution >= 4 is 17.6 Å². The zero-order valence-corrected chi connectivity index (χ0v) is 21.0. The summed E-state index contributed by atoms with van der Waals surface area (Å²) in [7, 11) is 1.92. The molecule has 33 heavy (non-hydrogen) atoms. The number of carbonyl (C=O) groups excluding carboxylic acids is 1. The van der Waals surface area contributed by atoms with Crippen molar-refractivity contribution in [2.75, 3.05) is 5.32 Å². The van der Waals surface area contributed by atoms with E-state index in [-0.39, 0.29) is 11.3 Å². The van der Waals surface area contributed by atoms with Crippen LogP contribution in [-0.2, 0) is 19.0 Å². The van der Waals surface area contributed by atoms with Gasteiger partial charge in [0, 0.05) is 29.6 Å². The fraction of sp³-hybridized carbons (Fsp3) is 0.370. The van der Waals surface area contributed by atoms with E-state index in [1.165, 1.54) is 5.56 Å². The van der Waals surface area contributed by atoms with Crippen molar-refractivity contribution < 1.29 is 4.79 Å². The number of hydrogen-bond donors (Lipinski definition) is 2. The molecule has 0 aliphatic carbocycles. The lowest BCUT2D eigenvalue weighted by atomic mass is 9.87. The highest BCUT2D eigenvalue weighted by atomic mass is 16.1. The first kappa shape index (κ1) is 24.2. The highest BCUT2D eigenvalue weighted by Gasteiger charge is 2.16. The Labute approximate surface area is 197 Å². The molecule has 2 N–H and O–H groups in total. The van der Waals surface area contributed by atoms with Crippen LogP contribution in [0.15, 0.2) is 47.5 Å². The van der Waals surface area contributed by atoms with Crippen LogP contribution in [-0.4, -0.2) is 21.6 Å². The number of rotatable bonds is 4. The summed E-state index contributed by atoms with van der Waals surface area (Å²) in [5, 5.41) is 10.7.